The van der Waals surface area contributed by atoms with Gasteiger partial charge in [-0.3, -0.25) is 4.79 Å². The first kappa shape index (κ1) is 75.5. The van der Waals surface area contributed by atoms with E-state index in [2.05, 4.69) is 55.6 Å². The van der Waals surface area contributed by atoms with Crippen molar-refractivity contribution < 1.29 is 25.2 Å². The minimum atomic E-state index is -1.29. The molecule has 0 fully saturated rings. The van der Waals surface area contributed by atoms with E-state index < -0.39 is 36.9 Å². The predicted molar refractivity (Wildman–Crippen MR) is 339 cm³/mol. The maximum Gasteiger partial charge on any atom is 0.249 e. The third kappa shape index (κ3) is 59.0. The molecule has 4 atom stereocenters. The van der Waals surface area contributed by atoms with E-state index in [0.717, 1.165) is 38.5 Å². The highest BCUT2D eigenvalue weighted by atomic mass is 16.3. The smallest absolute Gasteiger partial charge is 0.249 e. The van der Waals surface area contributed by atoms with Gasteiger partial charge in [0.05, 0.1) is 18.8 Å². The zero-order chi connectivity index (χ0) is 55.8. The molecule has 456 valence electrons. The van der Waals surface area contributed by atoms with Gasteiger partial charge in [0.15, 0.2) is 0 Å². The van der Waals surface area contributed by atoms with E-state index >= 15 is 0 Å². The van der Waals surface area contributed by atoms with Crippen LogP contribution in [0.4, 0.5) is 0 Å². The fourth-order valence-electron chi connectivity index (χ4n) is 11.1. The van der Waals surface area contributed by atoms with Gasteiger partial charge in [0.1, 0.15) is 12.2 Å². The summed E-state index contributed by atoms with van der Waals surface area (Å²) >= 11 is 0. The molecule has 77 heavy (non-hydrogen) atoms. The second-order valence-corrected chi connectivity index (χ2v) is 24.2. The summed E-state index contributed by atoms with van der Waals surface area (Å²) in [7, 11) is 0. The Labute approximate surface area is 481 Å². The SMILES string of the molecule is CCCCCCCCCCCCCC/C=C\CCCCCCCCCCCCCCCCC(O)C(=O)NC(CO)C(O)C(O)CCC/C=C/CC/C=C/CCCCCCCCCCCCCCCCCCCCCCCC. The first-order chi connectivity index (χ1) is 38.0. The number of nitrogens with one attached hydrogen (secondary N) is 1. The highest BCUT2D eigenvalue weighted by Crippen LogP contribution is 2.19. The Bertz CT molecular complexity index is 1220. The van der Waals surface area contributed by atoms with Crippen LogP contribution in [0.15, 0.2) is 36.5 Å². The minimum Gasteiger partial charge on any atom is -0.394 e. The number of aliphatic hydroxyl groups excluding tert-OH is 4. The lowest BCUT2D eigenvalue weighted by molar-refractivity contribution is -0.132. The van der Waals surface area contributed by atoms with Gasteiger partial charge >= 0.3 is 0 Å². The van der Waals surface area contributed by atoms with Crippen LogP contribution < -0.4 is 5.32 Å². The van der Waals surface area contributed by atoms with Gasteiger partial charge in [-0.1, -0.05) is 339 Å². The number of hydrogen-bond donors (Lipinski definition) is 5. The highest BCUT2D eigenvalue weighted by molar-refractivity contribution is 5.80. The Morgan fingerprint density at radius 3 is 0.818 bits per heavy atom. The molecule has 4 unspecified atom stereocenters. The summed E-state index contributed by atoms with van der Waals surface area (Å²) in [6.07, 6.45) is 84.2. The van der Waals surface area contributed by atoms with E-state index in [4.69, 9.17) is 0 Å². The quantitative estimate of drug-likeness (QED) is 0.0308. The summed E-state index contributed by atoms with van der Waals surface area (Å²) in [6, 6.07) is -1.01. The fourth-order valence-corrected chi connectivity index (χ4v) is 11.1. The predicted octanol–water partition coefficient (Wildman–Crippen LogP) is 21.5. The van der Waals surface area contributed by atoms with Crippen molar-refractivity contribution in [1.29, 1.82) is 0 Å². The van der Waals surface area contributed by atoms with Gasteiger partial charge in [-0.05, 0) is 77.0 Å². The zero-order valence-corrected chi connectivity index (χ0v) is 52.0. The monoisotopic (exact) mass is 1080 g/mol. The van der Waals surface area contributed by atoms with Crippen LogP contribution in [0.3, 0.4) is 0 Å². The van der Waals surface area contributed by atoms with E-state index in [0.29, 0.717) is 19.3 Å². The first-order valence-electron chi connectivity index (χ1n) is 34.9. The molecule has 0 radical (unpaired) electrons. The number of allylic oxidation sites excluding steroid dienone is 6. The van der Waals surface area contributed by atoms with Gasteiger partial charge in [0, 0.05) is 0 Å². The lowest BCUT2D eigenvalue weighted by Crippen LogP contribution is -2.53. The Morgan fingerprint density at radius 2 is 0.545 bits per heavy atom. The standard InChI is InChI=1S/C71H137NO5/c1-3-5-7-9-11-13-15-17-19-21-23-25-27-29-31-33-35-37-38-40-42-44-46-48-50-52-54-56-58-60-62-64-68(74)70(76)67(66-73)72-71(77)69(75)65-63-61-59-57-55-53-51-49-47-45-43-41-39-36-34-32-30-28-26-24-22-20-18-16-14-12-10-8-6-4-2/h30,32,48,50,56,58,67-70,73-76H,3-29,31,33-47,49,51-55,57,59-66H2,1-2H3,(H,72,77)/b32-30-,50-48+,58-56+. The normalized spacial score (nSPS) is 13.7. The summed E-state index contributed by atoms with van der Waals surface area (Å²) in [5.41, 5.74) is 0. The number of carbonyl (C=O) groups excluding carboxylic acids is 1. The van der Waals surface area contributed by atoms with Crippen molar-refractivity contribution in [2.24, 2.45) is 0 Å². The Kier molecular flexibility index (Phi) is 64.1. The summed E-state index contributed by atoms with van der Waals surface area (Å²) in [5.74, 6) is -0.592. The maximum atomic E-state index is 12.7. The van der Waals surface area contributed by atoms with Crippen LogP contribution in [0, 0.1) is 0 Å². The number of unbranched alkanes of at least 4 members (excludes halogenated alkanes) is 50. The number of aliphatic hydroxyl groups is 4. The third-order valence-electron chi connectivity index (χ3n) is 16.6. The largest absolute Gasteiger partial charge is 0.394 e. The second-order valence-electron chi connectivity index (χ2n) is 24.2. The Hall–Kier alpha value is -1.47. The molecule has 0 aliphatic carbocycles. The molecule has 0 aromatic heterocycles. The van der Waals surface area contributed by atoms with Crippen molar-refractivity contribution in [3.63, 3.8) is 0 Å². The van der Waals surface area contributed by atoms with Crippen molar-refractivity contribution >= 4 is 5.91 Å². The minimum absolute atomic E-state index is 0.362. The molecule has 1 amide bonds. The van der Waals surface area contributed by atoms with Crippen molar-refractivity contribution in [1.82, 2.24) is 5.32 Å². The van der Waals surface area contributed by atoms with E-state index in [-0.39, 0.29) is 0 Å². The van der Waals surface area contributed by atoms with Crippen molar-refractivity contribution in [3.05, 3.63) is 36.5 Å². The van der Waals surface area contributed by atoms with Crippen molar-refractivity contribution in [2.45, 2.75) is 404 Å². The average Bonchev–Trinajstić information content (AvgIpc) is 3.43. The molecule has 0 aromatic carbocycles. The van der Waals surface area contributed by atoms with Crippen molar-refractivity contribution in [3.8, 4) is 0 Å². The molecule has 6 heteroatoms. The lowest BCUT2D eigenvalue weighted by atomic mass is 10.00. The average molecular weight is 1080 g/mol. The molecule has 5 N–H and O–H groups in total. The maximum absolute atomic E-state index is 12.7. The van der Waals surface area contributed by atoms with Gasteiger partial charge in [0.25, 0.3) is 0 Å². The second kappa shape index (κ2) is 65.3. The summed E-state index contributed by atoms with van der Waals surface area (Å²) < 4.78 is 0. The Balaban J connectivity index is 3.59. The van der Waals surface area contributed by atoms with Crippen LogP contribution in [0.5, 0.6) is 0 Å². The number of hydrogen-bond acceptors (Lipinski definition) is 5. The summed E-state index contributed by atoms with van der Waals surface area (Å²) in [4.78, 5) is 12.7. The third-order valence-corrected chi connectivity index (χ3v) is 16.6. The number of rotatable bonds is 65. The van der Waals surface area contributed by atoms with Crippen LogP contribution in [0.1, 0.15) is 380 Å². The molecular weight excluding hydrogens is 947 g/mol. The van der Waals surface area contributed by atoms with Gasteiger partial charge in [0.2, 0.25) is 5.91 Å². The van der Waals surface area contributed by atoms with E-state index in [9.17, 15) is 25.2 Å². The topological polar surface area (TPSA) is 110 Å². The molecule has 0 saturated heterocycles. The Morgan fingerprint density at radius 1 is 0.312 bits per heavy atom. The molecule has 0 heterocycles. The molecule has 0 aliphatic heterocycles. The van der Waals surface area contributed by atoms with Gasteiger partial charge in [-0.2, -0.15) is 0 Å². The van der Waals surface area contributed by atoms with Crippen LogP contribution in [-0.2, 0) is 4.79 Å². The van der Waals surface area contributed by atoms with Crippen LogP contribution in [0.25, 0.3) is 0 Å². The molecule has 0 aromatic rings. The van der Waals surface area contributed by atoms with E-state index in [1.807, 2.05) is 0 Å². The molecule has 0 saturated carbocycles. The van der Waals surface area contributed by atoms with Gasteiger partial charge in [-0.25, -0.2) is 0 Å². The van der Waals surface area contributed by atoms with Crippen molar-refractivity contribution in [2.75, 3.05) is 6.61 Å². The molecule has 0 rings (SSSR count). The zero-order valence-electron chi connectivity index (χ0n) is 52.0. The molecular formula is C71H137NO5. The number of amides is 1. The summed E-state index contributed by atoms with van der Waals surface area (Å²) in [6.45, 7) is 4.09. The van der Waals surface area contributed by atoms with Crippen LogP contribution >= 0.6 is 0 Å². The molecule has 0 bridgehead atoms. The highest BCUT2D eigenvalue weighted by Gasteiger charge is 2.28. The fraction of sp³-hybridized carbons (Fsp3) is 0.901. The van der Waals surface area contributed by atoms with E-state index in [1.54, 1.807) is 0 Å². The number of carbonyl (C=O) groups is 1. The van der Waals surface area contributed by atoms with Gasteiger partial charge < -0.3 is 25.7 Å². The lowest BCUT2D eigenvalue weighted by Gasteiger charge is -2.27. The summed E-state index contributed by atoms with van der Waals surface area (Å²) in [5, 5.41) is 44.2. The molecule has 6 nitrogen and oxygen atoms in total. The van der Waals surface area contributed by atoms with E-state index in [1.165, 1.54) is 308 Å². The van der Waals surface area contributed by atoms with Crippen LogP contribution in [0.2, 0.25) is 0 Å². The first-order valence-corrected chi connectivity index (χ1v) is 34.9. The molecule has 0 aliphatic rings. The van der Waals surface area contributed by atoms with Crippen LogP contribution in [-0.4, -0.2) is 57.3 Å². The molecule has 0 spiro atoms. The van der Waals surface area contributed by atoms with Gasteiger partial charge in [-0.15, -0.1) is 0 Å².